The molecule has 1 N–H and O–H groups in total. The van der Waals surface area contributed by atoms with Crippen LogP contribution in [0.15, 0.2) is 42.5 Å². The Morgan fingerprint density at radius 2 is 1.71 bits per heavy atom. The maximum atomic E-state index is 12.2. The quantitative estimate of drug-likeness (QED) is 0.797. The molecule has 2 atom stereocenters. The second-order valence-electron chi connectivity index (χ2n) is 5.15. The van der Waals surface area contributed by atoms with Crippen LogP contribution >= 0.6 is 34.8 Å². The van der Waals surface area contributed by atoms with Crippen molar-refractivity contribution in [3.63, 3.8) is 0 Å². The van der Waals surface area contributed by atoms with Gasteiger partial charge in [-0.3, -0.25) is 4.79 Å². The van der Waals surface area contributed by atoms with Crippen molar-refractivity contribution in [2.75, 3.05) is 5.32 Å². The average molecular weight is 341 g/mol. The smallest absolute Gasteiger partial charge is 0.228 e. The molecule has 1 aliphatic rings. The third kappa shape index (κ3) is 3.52. The standard InChI is InChI=1S/C16H12Cl3NO/c17-10-2-1-3-13(7-10)20-16(21)15-8-14(15)9-4-11(18)6-12(19)5-9/h1-7,14-15H,8H2,(H,20,21)/t14-,15+/m1/s1. The van der Waals surface area contributed by atoms with E-state index >= 15 is 0 Å². The van der Waals surface area contributed by atoms with Gasteiger partial charge in [0.15, 0.2) is 0 Å². The summed E-state index contributed by atoms with van der Waals surface area (Å²) in [5.74, 6) is 0.136. The zero-order valence-electron chi connectivity index (χ0n) is 10.9. The number of carbonyl (C=O) groups is 1. The lowest BCUT2D eigenvalue weighted by molar-refractivity contribution is -0.117. The highest BCUT2D eigenvalue weighted by Crippen LogP contribution is 2.49. The molecule has 2 aromatic carbocycles. The Morgan fingerprint density at radius 3 is 2.38 bits per heavy atom. The van der Waals surface area contributed by atoms with Crippen molar-refractivity contribution >= 4 is 46.4 Å². The van der Waals surface area contributed by atoms with Crippen molar-refractivity contribution in [1.29, 1.82) is 0 Å². The van der Waals surface area contributed by atoms with Crippen LogP contribution in [-0.4, -0.2) is 5.91 Å². The van der Waals surface area contributed by atoms with Crippen molar-refractivity contribution in [3.05, 3.63) is 63.1 Å². The molecule has 0 aliphatic heterocycles. The number of benzene rings is 2. The zero-order chi connectivity index (χ0) is 15.0. The third-order valence-corrected chi connectivity index (χ3v) is 4.20. The van der Waals surface area contributed by atoms with Gasteiger partial charge in [-0.25, -0.2) is 0 Å². The lowest BCUT2D eigenvalue weighted by Crippen LogP contribution is -2.14. The fourth-order valence-electron chi connectivity index (χ4n) is 2.44. The summed E-state index contributed by atoms with van der Waals surface area (Å²) in [5.41, 5.74) is 1.72. The van der Waals surface area contributed by atoms with E-state index in [0.29, 0.717) is 20.8 Å². The van der Waals surface area contributed by atoms with Gasteiger partial charge in [0.25, 0.3) is 0 Å². The van der Waals surface area contributed by atoms with Crippen molar-refractivity contribution in [3.8, 4) is 0 Å². The van der Waals surface area contributed by atoms with Crippen LogP contribution in [0.3, 0.4) is 0 Å². The summed E-state index contributed by atoms with van der Waals surface area (Å²) < 4.78 is 0. The Kier molecular flexibility index (Phi) is 4.12. The van der Waals surface area contributed by atoms with Gasteiger partial charge in [0, 0.05) is 26.7 Å². The molecule has 0 aromatic heterocycles. The monoisotopic (exact) mass is 339 g/mol. The van der Waals surface area contributed by atoms with Crippen LogP contribution in [0.5, 0.6) is 0 Å². The fraction of sp³-hybridized carbons (Fsp3) is 0.188. The summed E-state index contributed by atoms with van der Waals surface area (Å²) in [6, 6.07) is 12.5. The Morgan fingerprint density at radius 1 is 1.00 bits per heavy atom. The van der Waals surface area contributed by atoms with Gasteiger partial charge in [-0.15, -0.1) is 0 Å². The second-order valence-corrected chi connectivity index (χ2v) is 6.46. The molecule has 3 rings (SSSR count). The maximum absolute atomic E-state index is 12.2. The van der Waals surface area contributed by atoms with Gasteiger partial charge in [0.05, 0.1) is 0 Å². The molecule has 0 bridgehead atoms. The summed E-state index contributed by atoms with van der Waals surface area (Å²) in [4.78, 5) is 12.2. The number of rotatable bonds is 3. The molecular formula is C16H12Cl3NO. The van der Waals surface area contributed by atoms with Crippen LogP contribution in [0.4, 0.5) is 5.69 Å². The molecule has 1 fully saturated rings. The second kappa shape index (κ2) is 5.88. The Labute approximate surface area is 138 Å². The molecule has 1 aliphatic carbocycles. The predicted molar refractivity (Wildman–Crippen MR) is 87.4 cm³/mol. The van der Waals surface area contributed by atoms with E-state index in [0.717, 1.165) is 12.0 Å². The normalized spacial score (nSPS) is 20.1. The number of anilines is 1. The summed E-state index contributed by atoms with van der Waals surface area (Å²) in [5, 5.41) is 4.67. The summed E-state index contributed by atoms with van der Waals surface area (Å²) in [7, 11) is 0. The van der Waals surface area contributed by atoms with Crippen molar-refractivity contribution in [2.45, 2.75) is 12.3 Å². The van der Waals surface area contributed by atoms with Gasteiger partial charge in [-0.1, -0.05) is 40.9 Å². The number of carbonyl (C=O) groups excluding carboxylic acids is 1. The first kappa shape index (κ1) is 14.7. The molecule has 0 heterocycles. The first-order chi connectivity index (χ1) is 10.0. The van der Waals surface area contributed by atoms with Gasteiger partial charge in [0.1, 0.15) is 0 Å². The molecule has 0 radical (unpaired) electrons. The van der Waals surface area contributed by atoms with Gasteiger partial charge < -0.3 is 5.32 Å². The highest BCUT2D eigenvalue weighted by Gasteiger charge is 2.44. The number of hydrogen-bond acceptors (Lipinski definition) is 1. The van der Waals surface area contributed by atoms with Gasteiger partial charge in [0.2, 0.25) is 5.91 Å². The molecule has 0 saturated heterocycles. The highest BCUT2D eigenvalue weighted by atomic mass is 35.5. The van der Waals surface area contributed by atoms with E-state index in [1.165, 1.54) is 0 Å². The molecule has 2 aromatic rings. The molecule has 108 valence electrons. The molecular weight excluding hydrogens is 329 g/mol. The minimum Gasteiger partial charge on any atom is -0.326 e. The molecule has 0 unspecified atom stereocenters. The van der Waals surface area contributed by atoms with Crippen molar-refractivity contribution in [2.24, 2.45) is 5.92 Å². The number of hydrogen-bond donors (Lipinski definition) is 1. The topological polar surface area (TPSA) is 29.1 Å². The number of amides is 1. The maximum Gasteiger partial charge on any atom is 0.228 e. The van der Waals surface area contributed by atoms with E-state index in [-0.39, 0.29) is 17.7 Å². The number of halogens is 3. The van der Waals surface area contributed by atoms with E-state index in [2.05, 4.69) is 5.32 Å². The highest BCUT2D eigenvalue weighted by molar-refractivity contribution is 6.34. The van der Waals surface area contributed by atoms with E-state index in [4.69, 9.17) is 34.8 Å². The van der Waals surface area contributed by atoms with Gasteiger partial charge in [-0.2, -0.15) is 0 Å². The average Bonchev–Trinajstić information content (AvgIpc) is 3.17. The number of nitrogens with one attached hydrogen (secondary N) is 1. The molecule has 2 nitrogen and oxygen atoms in total. The molecule has 1 amide bonds. The van der Waals surface area contributed by atoms with Crippen LogP contribution in [0.25, 0.3) is 0 Å². The Balaban J connectivity index is 1.68. The Bertz CT molecular complexity index is 681. The lowest BCUT2D eigenvalue weighted by Gasteiger charge is -2.06. The van der Waals surface area contributed by atoms with Crippen LogP contribution < -0.4 is 5.32 Å². The summed E-state index contributed by atoms with van der Waals surface area (Å²) in [6.07, 6.45) is 0.809. The summed E-state index contributed by atoms with van der Waals surface area (Å²) in [6.45, 7) is 0. The minimum atomic E-state index is -0.0430. The molecule has 21 heavy (non-hydrogen) atoms. The van der Waals surface area contributed by atoms with Crippen LogP contribution in [0.1, 0.15) is 17.9 Å². The van der Waals surface area contributed by atoms with Crippen LogP contribution in [0.2, 0.25) is 15.1 Å². The van der Waals surface area contributed by atoms with E-state index in [1.54, 1.807) is 24.3 Å². The van der Waals surface area contributed by atoms with Crippen molar-refractivity contribution < 1.29 is 4.79 Å². The van der Waals surface area contributed by atoms with Crippen molar-refractivity contribution in [1.82, 2.24) is 0 Å². The van der Waals surface area contributed by atoms with Gasteiger partial charge >= 0.3 is 0 Å². The Hall–Kier alpha value is -1.22. The first-order valence-corrected chi connectivity index (χ1v) is 7.69. The van der Waals surface area contributed by atoms with E-state index < -0.39 is 0 Å². The SMILES string of the molecule is O=C(Nc1cccc(Cl)c1)[C@H]1C[C@@H]1c1cc(Cl)cc(Cl)c1. The van der Waals surface area contributed by atoms with E-state index in [9.17, 15) is 4.79 Å². The van der Waals surface area contributed by atoms with Crippen LogP contribution in [0, 0.1) is 5.92 Å². The minimum absolute atomic E-state index is 0.00151. The fourth-order valence-corrected chi connectivity index (χ4v) is 3.18. The molecule has 5 heteroatoms. The summed E-state index contributed by atoms with van der Waals surface area (Å²) >= 11 is 17.9. The van der Waals surface area contributed by atoms with Crippen LogP contribution in [-0.2, 0) is 4.79 Å². The largest absolute Gasteiger partial charge is 0.326 e. The zero-order valence-corrected chi connectivity index (χ0v) is 13.2. The third-order valence-electron chi connectivity index (χ3n) is 3.53. The van der Waals surface area contributed by atoms with E-state index in [1.807, 2.05) is 18.2 Å². The van der Waals surface area contributed by atoms with Gasteiger partial charge in [-0.05, 0) is 54.3 Å². The molecule has 1 saturated carbocycles. The first-order valence-electron chi connectivity index (χ1n) is 6.55. The lowest BCUT2D eigenvalue weighted by atomic mass is 10.1. The molecule has 0 spiro atoms. The predicted octanol–water partition coefficient (Wildman–Crippen LogP) is 5.39.